The van der Waals surface area contributed by atoms with Crippen molar-refractivity contribution in [1.82, 2.24) is 10.2 Å². The number of rotatable bonds is 3. The van der Waals surface area contributed by atoms with Gasteiger partial charge in [0.2, 0.25) is 0 Å². The van der Waals surface area contributed by atoms with E-state index in [9.17, 15) is 9.59 Å². The van der Waals surface area contributed by atoms with Gasteiger partial charge in [-0.05, 0) is 36.0 Å². The zero-order valence-corrected chi connectivity index (χ0v) is 9.88. The van der Waals surface area contributed by atoms with Gasteiger partial charge in [-0.2, -0.15) is 5.26 Å². The average molecular weight is 260 g/mol. The summed E-state index contributed by atoms with van der Waals surface area (Å²) in [7, 11) is 0. The van der Waals surface area contributed by atoms with Crippen molar-refractivity contribution in [3.8, 4) is 5.40 Å². The number of aromatic amines is 2. The standard InChI is InChI=1S/C11H8N4O2S/c12-6-18-8-3-1-7(2-4-8)13-11(17)9-5-10(16)15-14-9/h1-5H,(H,13,17)(H2,14,15,16). The minimum Gasteiger partial charge on any atom is -0.321 e. The molecule has 0 unspecified atom stereocenters. The molecule has 1 aromatic heterocycles. The van der Waals surface area contributed by atoms with E-state index in [1.807, 2.05) is 5.40 Å². The molecule has 0 aliphatic carbocycles. The van der Waals surface area contributed by atoms with Crippen LogP contribution in [-0.4, -0.2) is 16.1 Å². The molecule has 7 heteroatoms. The molecule has 18 heavy (non-hydrogen) atoms. The number of nitrogens with one attached hydrogen (secondary N) is 3. The minimum atomic E-state index is -0.408. The highest BCUT2D eigenvalue weighted by molar-refractivity contribution is 8.03. The number of amides is 1. The number of aromatic nitrogens is 2. The Morgan fingerprint density at radius 3 is 2.56 bits per heavy atom. The number of thioether (sulfide) groups is 1. The second-order valence-corrected chi connectivity index (χ2v) is 4.20. The molecular weight excluding hydrogens is 252 g/mol. The molecule has 0 atom stereocenters. The first kappa shape index (κ1) is 12.0. The van der Waals surface area contributed by atoms with Crippen LogP contribution >= 0.6 is 11.8 Å². The van der Waals surface area contributed by atoms with E-state index in [0.29, 0.717) is 5.69 Å². The van der Waals surface area contributed by atoms with E-state index in [4.69, 9.17) is 5.26 Å². The summed E-state index contributed by atoms with van der Waals surface area (Å²) in [6.07, 6.45) is 0. The Bertz CT molecular complexity index is 651. The molecule has 0 spiro atoms. The summed E-state index contributed by atoms with van der Waals surface area (Å²) >= 11 is 1.04. The van der Waals surface area contributed by atoms with E-state index in [0.717, 1.165) is 16.7 Å². The molecule has 2 rings (SSSR count). The lowest BCUT2D eigenvalue weighted by atomic mass is 10.3. The Morgan fingerprint density at radius 2 is 2.00 bits per heavy atom. The van der Waals surface area contributed by atoms with Crippen LogP contribution in [-0.2, 0) is 0 Å². The van der Waals surface area contributed by atoms with Gasteiger partial charge in [-0.15, -0.1) is 0 Å². The molecule has 0 saturated carbocycles. The van der Waals surface area contributed by atoms with E-state index in [2.05, 4.69) is 15.5 Å². The fraction of sp³-hybridized carbons (Fsp3) is 0. The molecule has 0 fully saturated rings. The van der Waals surface area contributed by atoms with Crippen LogP contribution < -0.4 is 10.9 Å². The van der Waals surface area contributed by atoms with Gasteiger partial charge in [-0.1, -0.05) is 0 Å². The van der Waals surface area contributed by atoms with Crippen LogP contribution in [0.1, 0.15) is 10.5 Å². The molecule has 0 aliphatic rings. The van der Waals surface area contributed by atoms with Gasteiger partial charge in [0.05, 0.1) is 0 Å². The predicted octanol–water partition coefficient (Wildman–Crippen LogP) is 1.53. The molecule has 6 nitrogen and oxygen atoms in total. The molecule has 1 heterocycles. The maximum absolute atomic E-state index is 11.7. The molecule has 1 aromatic carbocycles. The van der Waals surface area contributed by atoms with Crippen LogP contribution in [0.25, 0.3) is 0 Å². The van der Waals surface area contributed by atoms with Crippen LogP contribution in [0.2, 0.25) is 0 Å². The van der Waals surface area contributed by atoms with Crippen LogP contribution in [0.15, 0.2) is 40.0 Å². The lowest BCUT2D eigenvalue weighted by Gasteiger charge is -2.03. The second-order valence-electron chi connectivity index (χ2n) is 3.34. The summed E-state index contributed by atoms with van der Waals surface area (Å²) in [5.41, 5.74) is 0.390. The molecule has 2 aromatic rings. The van der Waals surface area contributed by atoms with Crippen molar-refractivity contribution in [1.29, 1.82) is 5.26 Å². The average Bonchev–Trinajstić information content (AvgIpc) is 2.79. The molecule has 0 saturated heterocycles. The van der Waals surface area contributed by atoms with Crippen LogP contribution in [0.5, 0.6) is 0 Å². The van der Waals surface area contributed by atoms with Crippen molar-refractivity contribution in [3.63, 3.8) is 0 Å². The highest BCUT2D eigenvalue weighted by Gasteiger charge is 2.08. The maximum Gasteiger partial charge on any atom is 0.273 e. The Morgan fingerprint density at radius 1 is 1.28 bits per heavy atom. The Kier molecular flexibility index (Phi) is 3.50. The molecular formula is C11H8N4O2S. The largest absolute Gasteiger partial charge is 0.321 e. The van der Waals surface area contributed by atoms with Crippen molar-refractivity contribution in [2.75, 3.05) is 5.32 Å². The normalized spacial score (nSPS) is 9.72. The number of benzene rings is 1. The summed E-state index contributed by atoms with van der Waals surface area (Å²) in [5.74, 6) is -0.408. The Balaban J connectivity index is 2.08. The van der Waals surface area contributed by atoms with Gasteiger partial charge in [-0.25, -0.2) is 0 Å². The molecule has 1 amide bonds. The third-order valence-electron chi connectivity index (χ3n) is 2.12. The number of nitrogens with zero attached hydrogens (tertiary/aromatic N) is 1. The quantitative estimate of drug-likeness (QED) is 0.575. The van der Waals surface area contributed by atoms with Crippen molar-refractivity contribution < 1.29 is 4.79 Å². The molecule has 0 bridgehead atoms. The first-order chi connectivity index (χ1) is 8.69. The number of hydrogen-bond donors (Lipinski definition) is 3. The smallest absolute Gasteiger partial charge is 0.273 e. The van der Waals surface area contributed by atoms with Gasteiger partial charge in [0.1, 0.15) is 11.1 Å². The van der Waals surface area contributed by atoms with E-state index in [1.165, 1.54) is 6.07 Å². The summed E-state index contributed by atoms with van der Waals surface area (Å²) in [4.78, 5) is 23.3. The Labute approximate surface area is 106 Å². The number of hydrogen-bond acceptors (Lipinski definition) is 4. The van der Waals surface area contributed by atoms with Gasteiger partial charge in [0.15, 0.2) is 0 Å². The highest BCUT2D eigenvalue weighted by atomic mass is 32.2. The van der Waals surface area contributed by atoms with Crippen molar-refractivity contribution in [3.05, 3.63) is 46.4 Å². The van der Waals surface area contributed by atoms with E-state index < -0.39 is 5.91 Å². The SMILES string of the molecule is N#CSc1ccc(NC(=O)c2cc(=O)[nH][nH]2)cc1. The maximum atomic E-state index is 11.7. The molecule has 90 valence electrons. The first-order valence-corrected chi connectivity index (χ1v) is 5.76. The monoisotopic (exact) mass is 260 g/mol. The lowest BCUT2D eigenvalue weighted by Crippen LogP contribution is -2.12. The van der Waals surface area contributed by atoms with Crippen molar-refractivity contribution in [2.45, 2.75) is 4.90 Å². The fourth-order valence-corrected chi connectivity index (χ4v) is 1.69. The van der Waals surface area contributed by atoms with Gasteiger partial charge in [0, 0.05) is 16.6 Å². The second kappa shape index (κ2) is 5.25. The van der Waals surface area contributed by atoms with Gasteiger partial charge >= 0.3 is 0 Å². The van der Waals surface area contributed by atoms with Gasteiger partial charge < -0.3 is 5.32 Å². The topological polar surface area (TPSA) is 102 Å². The number of thiocyanates is 1. The third kappa shape index (κ3) is 2.81. The Hall–Kier alpha value is -2.46. The summed E-state index contributed by atoms with van der Waals surface area (Å²) in [6, 6.07) is 7.99. The number of H-pyrrole nitrogens is 2. The molecule has 0 aliphatic heterocycles. The van der Waals surface area contributed by atoms with E-state index >= 15 is 0 Å². The number of nitriles is 1. The minimum absolute atomic E-state index is 0.162. The number of carbonyl (C=O) groups excluding carboxylic acids is 1. The van der Waals surface area contributed by atoms with Gasteiger partial charge in [-0.3, -0.25) is 19.8 Å². The first-order valence-electron chi connectivity index (χ1n) is 4.94. The van der Waals surface area contributed by atoms with Gasteiger partial charge in [0.25, 0.3) is 11.5 Å². The van der Waals surface area contributed by atoms with E-state index in [-0.39, 0.29) is 11.3 Å². The van der Waals surface area contributed by atoms with Crippen LogP contribution in [0.4, 0.5) is 5.69 Å². The highest BCUT2D eigenvalue weighted by Crippen LogP contribution is 2.19. The third-order valence-corrected chi connectivity index (χ3v) is 2.72. The number of carbonyl (C=O) groups is 1. The summed E-state index contributed by atoms with van der Waals surface area (Å²) in [5, 5.41) is 17.8. The number of anilines is 1. The zero-order valence-electron chi connectivity index (χ0n) is 9.06. The summed E-state index contributed by atoms with van der Waals surface area (Å²) in [6.45, 7) is 0. The van der Waals surface area contributed by atoms with Crippen LogP contribution in [0, 0.1) is 10.7 Å². The lowest BCUT2D eigenvalue weighted by molar-refractivity contribution is 0.102. The zero-order chi connectivity index (χ0) is 13.0. The van der Waals surface area contributed by atoms with Crippen molar-refractivity contribution >= 4 is 23.4 Å². The summed E-state index contributed by atoms with van der Waals surface area (Å²) < 4.78 is 0. The molecule has 0 radical (unpaired) electrons. The fourth-order valence-electron chi connectivity index (χ4n) is 1.31. The molecule has 3 N–H and O–H groups in total. The predicted molar refractivity (Wildman–Crippen MR) is 67.3 cm³/mol. The van der Waals surface area contributed by atoms with Crippen molar-refractivity contribution in [2.24, 2.45) is 0 Å². The van der Waals surface area contributed by atoms with Crippen LogP contribution in [0.3, 0.4) is 0 Å². The van der Waals surface area contributed by atoms with E-state index in [1.54, 1.807) is 24.3 Å².